The second-order valence-corrected chi connectivity index (χ2v) is 9.83. The predicted molar refractivity (Wildman–Crippen MR) is 118 cm³/mol. The molecule has 6 heteroatoms. The van der Waals surface area contributed by atoms with Gasteiger partial charge in [0.2, 0.25) is 15.9 Å². The summed E-state index contributed by atoms with van der Waals surface area (Å²) < 4.78 is 26.0. The zero-order valence-corrected chi connectivity index (χ0v) is 18.3. The highest BCUT2D eigenvalue weighted by Gasteiger charge is 2.22. The van der Waals surface area contributed by atoms with Crippen molar-refractivity contribution in [3.63, 3.8) is 0 Å². The first kappa shape index (κ1) is 21.4. The van der Waals surface area contributed by atoms with Gasteiger partial charge >= 0.3 is 0 Å². The number of benzene rings is 2. The largest absolute Gasteiger partial charge is 0.349 e. The SMILES string of the molecule is Cc1ccc(N(CCCC(=O)N[C@H]2CCCc3ccccc32)S(C)(=O)=O)cc1C. The highest BCUT2D eigenvalue weighted by atomic mass is 32.2. The highest BCUT2D eigenvalue weighted by Crippen LogP contribution is 2.29. The van der Waals surface area contributed by atoms with Crippen molar-refractivity contribution in [3.05, 3.63) is 64.7 Å². The molecular weight excluding hydrogens is 384 g/mol. The van der Waals surface area contributed by atoms with Crippen molar-refractivity contribution in [1.29, 1.82) is 0 Å². The average molecular weight is 415 g/mol. The van der Waals surface area contributed by atoms with E-state index in [-0.39, 0.29) is 18.5 Å². The molecule has 0 spiro atoms. The van der Waals surface area contributed by atoms with Gasteiger partial charge in [-0.15, -0.1) is 0 Å². The summed E-state index contributed by atoms with van der Waals surface area (Å²) in [5, 5.41) is 3.14. The Bertz CT molecular complexity index is 985. The van der Waals surface area contributed by atoms with Crippen LogP contribution in [0.3, 0.4) is 0 Å². The fourth-order valence-electron chi connectivity index (χ4n) is 3.92. The third-order valence-electron chi connectivity index (χ3n) is 5.65. The van der Waals surface area contributed by atoms with Crippen LogP contribution in [-0.4, -0.2) is 27.1 Å². The molecule has 0 aliphatic heterocycles. The average Bonchev–Trinajstić information content (AvgIpc) is 2.67. The van der Waals surface area contributed by atoms with Gasteiger partial charge in [0.25, 0.3) is 0 Å². The first-order valence-electron chi connectivity index (χ1n) is 10.2. The second kappa shape index (κ2) is 8.99. The first-order chi connectivity index (χ1) is 13.8. The zero-order valence-electron chi connectivity index (χ0n) is 17.4. The van der Waals surface area contributed by atoms with Crippen molar-refractivity contribution >= 4 is 21.6 Å². The smallest absolute Gasteiger partial charge is 0.232 e. The maximum absolute atomic E-state index is 12.5. The number of fused-ring (bicyclic) bond motifs is 1. The van der Waals surface area contributed by atoms with Gasteiger partial charge in [0, 0.05) is 13.0 Å². The van der Waals surface area contributed by atoms with E-state index < -0.39 is 10.0 Å². The Balaban J connectivity index is 1.60. The van der Waals surface area contributed by atoms with Crippen LogP contribution >= 0.6 is 0 Å². The maximum atomic E-state index is 12.5. The van der Waals surface area contributed by atoms with E-state index in [2.05, 4.69) is 17.4 Å². The Morgan fingerprint density at radius 2 is 1.90 bits per heavy atom. The molecule has 0 saturated heterocycles. The minimum absolute atomic E-state index is 0.0276. The number of hydrogen-bond donors (Lipinski definition) is 1. The van der Waals surface area contributed by atoms with Crippen molar-refractivity contribution in [3.8, 4) is 0 Å². The Morgan fingerprint density at radius 1 is 1.14 bits per heavy atom. The minimum Gasteiger partial charge on any atom is -0.349 e. The molecule has 0 saturated carbocycles. The van der Waals surface area contributed by atoms with Gasteiger partial charge in [-0.1, -0.05) is 30.3 Å². The summed E-state index contributed by atoms with van der Waals surface area (Å²) in [5.74, 6) is -0.0276. The third-order valence-corrected chi connectivity index (χ3v) is 6.84. The molecule has 2 aromatic rings. The molecule has 1 aliphatic carbocycles. The van der Waals surface area contributed by atoms with Gasteiger partial charge in [0.1, 0.15) is 0 Å². The van der Waals surface area contributed by atoms with Crippen LogP contribution in [0.25, 0.3) is 0 Å². The fraction of sp³-hybridized carbons (Fsp3) is 0.435. The Hall–Kier alpha value is -2.34. The lowest BCUT2D eigenvalue weighted by Gasteiger charge is -2.27. The van der Waals surface area contributed by atoms with Crippen molar-refractivity contribution in [2.75, 3.05) is 17.1 Å². The molecule has 1 N–H and O–H groups in total. The van der Waals surface area contributed by atoms with Gasteiger partial charge < -0.3 is 5.32 Å². The number of hydrogen-bond acceptors (Lipinski definition) is 3. The van der Waals surface area contributed by atoms with Crippen molar-refractivity contribution in [2.24, 2.45) is 0 Å². The molecule has 0 bridgehead atoms. The van der Waals surface area contributed by atoms with Gasteiger partial charge in [0.15, 0.2) is 0 Å². The summed E-state index contributed by atoms with van der Waals surface area (Å²) >= 11 is 0. The lowest BCUT2D eigenvalue weighted by atomic mass is 9.87. The zero-order chi connectivity index (χ0) is 21.0. The van der Waals surface area contributed by atoms with E-state index in [0.717, 1.165) is 30.4 Å². The molecule has 0 unspecified atom stereocenters. The molecule has 156 valence electrons. The Kier molecular flexibility index (Phi) is 6.63. The Morgan fingerprint density at radius 3 is 2.62 bits per heavy atom. The van der Waals surface area contributed by atoms with E-state index in [1.807, 2.05) is 44.2 Å². The van der Waals surface area contributed by atoms with E-state index in [9.17, 15) is 13.2 Å². The quantitative estimate of drug-likeness (QED) is 0.743. The molecule has 0 aromatic heterocycles. The van der Waals surface area contributed by atoms with Crippen LogP contribution in [0.2, 0.25) is 0 Å². The molecule has 0 fully saturated rings. The highest BCUT2D eigenvalue weighted by molar-refractivity contribution is 7.92. The number of anilines is 1. The van der Waals surface area contributed by atoms with Crippen molar-refractivity contribution < 1.29 is 13.2 Å². The molecule has 29 heavy (non-hydrogen) atoms. The van der Waals surface area contributed by atoms with E-state index >= 15 is 0 Å². The number of amides is 1. The number of rotatable bonds is 7. The van der Waals surface area contributed by atoms with Crippen LogP contribution in [0.5, 0.6) is 0 Å². The number of carbonyl (C=O) groups excluding carboxylic acids is 1. The van der Waals surface area contributed by atoms with Crippen LogP contribution in [0.1, 0.15) is 54.0 Å². The number of nitrogens with one attached hydrogen (secondary N) is 1. The molecular formula is C23H30N2O3S. The van der Waals surface area contributed by atoms with E-state index in [1.165, 1.54) is 21.7 Å². The normalized spacial score (nSPS) is 16.2. The third kappa shape index (κ3) is 5.38. The van der Waals surface area contributed by atoms with Gasteiger partial charge in [-0.05, 0) is 73.9 Å². The van der Waals surface area contributed by atoms with Crippen LogP contribution in [0.15, 0.2) is 42.5 Å². The molecule has 1 aliphatic rings. The monoisotopic (exact) mass is 414 g/mol. The standard InChI is InChI=1S/C23H30N2O3S/c1-17-13-14-20(16-18(17)2)25(29(3,27)28)15-7-12-23(26)24-22-11-6-9-19-8-4-5-10-21(19)22/h4-5,8,10,13-14,16,22H,6-7,9,11-12,15H2,1-3H3,(H,24,26)/t22-/m0/s1. The lowest BCUT2D eigenvalue weighted by Crippen LogP contribution is -2.33. The van der Waals surface area contributed by atoms with Crippen LogP contribution in [-0.2, 0) is 21.2 Å². The second-order valence-electron chi connectivity index (χ2n) is 7.92. The molecule has 0 heterocycles. The van der Waals surface area contributed by atoms with E-state index in [0.29, 0.717) is 18.5 Å². The molecule has 2 aromatic carbocycles. The summed E-state index contributed by atoms with van der Waals surface area (Å²) in [6.45, 7) is 4.25. The number of sulfonamides is 1. The van der Waals surface area contributed by atoms with Gasteiger partial charge in [-0.2, -0.15) is 0 Å². The molecule has 1 amide bonds. The van der Waals surface area contributed by atoms with Crippen molar-refractivity contribution in [1.82, 2.24) is 5.32 Å². The van der Waals surface area contributed by atoms with E-state index in [1.54, 1.807) is 0 Å². The summed E-state index contributed by atoms with van der Waals surface area (Å²) in [5.41, 5.74) is 5.33. The molecule has 3 rings (SSSR count). The summed E-state index contributed by atoms with van der Waals surface area (Å²) in [7, 11) is -3.41. The Labute approximate surface area is 174 Å². The summed E-state index contributed by atoms with van der Waals surface area (Å²) in [6, 6.07) is 13.9. The van der Waals surface area contributed by atoms with Gasteiger partial charge in [-0.25, -0.2) is 8.42 Å². The minimum atomic E-state index is -3.41. The lowest BCUT2D eigenvalue weighted by molar-refractivity contribution is -0.122. The van der Waals surface area contributed by atoms with E-state index in [4.69, 9.17) is 0 Å². The van der Waals surface area contributed by atoms with Gasteiger partial charge in [0.05, 0.1) is 18.0 Å². The summed E-state index contributed by atoms with van der Waals surface area (Å²) in [6.07, 6.45) is 5.05. The topological polar surface area (TPSA) is 66.5 Å². The molecule has 5 nitrogen and oxygen atoms in total. The van der Waals surface area contributed by atoms with Crippen LogP contribution < -0.4 is 9.62 Å². The first-order valence-corrected chi connectivity index (χ1v) is 12.0. The number of aryl methyl sites for hydroxylation is 3. The van der Waals surface area contributed by atoms with Crippen LogP contribution in [0, 0.1) is 13.8 Å². The molecule has 0 radical (unpaired) electrons. The van der Waals surface area contributed by atoms with Crippen molar-refractivity contribution in [2.45, 2.75) is 52.0 Å². The van der Waals surface area contributed by atoms with Gasteiger partial charge in [-0.3, -0.25) is 9.10 Å². The predicted octanol–water partition coefficient (Wildman–Crippen LogP) is 4.04. The maximum Gasteiger partial charge on any atom is 0.232 e. The number of carbonyl (C=O) groups is 1. The number of nitrogens with zero attached hydrogens (tertiary/aromatic N) is 1. The summed E-state index contributed by atoms with van der Waals surface area (Å²) in [4.78, 5) is 12.5. The molecule has 1 atom stereocenters. The van der Waals surface area contributed by atoms with Crippen LogP contribution in [0.4, 0.5) is 5.69 Å². The fourth-order valence-corrected chi connectivity index (χ4v) is 4.88.